The van der Waals surface area contributed by atoms with Gasteiger partial charge in [-0.3, -0.25) is 4.79 Å². The summed E-state index contributed by atoms with van der Waals surface area (Å²) in [6.45, 7) is 0. The van der Waals surface area contributed by atoms with Crippen LogP contribution in [0.25, 0.3) is 0 Å². The number of rotatable bonds is 3. The lowest BCUT2D eigenvalue weighted by molar-refractivity contribution is -0.138. The smallest absolute Gasteiger partial charge is 0.320 e. The van der Waals surface area contributed by atoms with Gasteiger partial charge in [-0.15, -0.1) is 0 Å². The Hall–Kier alpha value is -0.130. The van der Waals surface area contributed by atoms with Crippen molar-refractivity contribution in [2.24, 2.45) is 5.73 Å². The van der Waals surface area contributed by atoms with Gasteiger partial charge in [0.1, 0.15) is 11.8 Å². The standard InChI is InChI=1S/C9H9I2NO3.H2O/c10-5-1-4(2-6(11)8(5)13)3-7(12)9(14)15;/h1-2,7,13H,3,12H2,(H,14,15);1H2. The number of hydrogen-bond donors (Lipinski definition) is 3. The average molecular weight is 451 g/mol. The second kappa shape index (κ2) is 6.57. The molecular weight excluding hydrogens is 440 g/mol. The quantitative estimate of drug-likeness (QED) is 0.589. The average Bonchev–Trinajstić information content (AvgIpc) is 2.13. The molecule has 0 aliphatic carbocycles. The monoisotopic (exact) mass is 451 g/mol. The van der Waals surface area contributed by atoms with Crippen molar-refractivity contribution in [3.63, 3.8) is 0 Å². The fourth-order valence-corrected chi connectivity index (χ4v) is 2.97. The van der Waals surface area contributed by atoms with E-state index in [2.05, 4.69) is 0 Å². The minimum atomic E-state index is -1.02. The fourth-order valence-electron chi connectivity index (χ4n) is 1.08. The second-order valence-corrected chi connectivity index (χ2v) is 5.38. The van der Waals surface area contributed by atoms with Gasteiger partial charge in [0.25, 0.3) is 0 Å². The Morgan fingerprint density at radius 3 is 2.19 bits per heavy atom. The lowest BCUT2D eigenvalue weighted by atomic mass is 10.1. The number of phenolic OH excluding ortho intramolecular Hbond substituents is 1. The first kappa shape index (κ1) is 15.9. The lowest BCUT2D eigenvalue weighted by Gasteiger charge is -2.08. The van der Waals surface area contributed by atoms with Crippen molar-refractivity contribution in [3.05, 3.63) is 24.8 Å². The molecule has 1 aromatic rings. The van der Waals surface area contributed by atoms with Crippen molar-refractivity contribution in [2.45, 2.75) is 12.5 Å². The van der Waals surface area contributed by atoms with Gasteiger partial charge in [0, 0.05) is 0 Å². The molecule has 1 unspecified atom stereocenters. The Morgan fingerprint density at radius 2 is 1.81 bits per heavy atom. The van der Waals surface area contributed by atoms with Crippen LogP contribution in [0.2, 0.25) is 0 Å². The molecular formula is C9H11I2NO4. The van der Waals surface area contributed by atoms with Crippen LogP contribution in [0.4, 0.5) is 0 Å². The van der Waals surface area contributed by atoms with Crippen LogP contribution < -0.4 is 5.73 Å². The number of carbonyl (C=O) groups is 1. The molecule has 0 heterocycles. The van der Waals surface area contributed by atoms with Crippen molar-refractivity contribution < 1.29 is 20.5 Å². The summed E-state index contributed by atoms with van der Waals surface area (Å²) in [6.07, 6.45) is 0.265. The fraction of sp³-hybridized carbons (Fsp3) is 0.222. The SMILES string of the molecule is NC(Cc1cc(I)c(O)c(I)c1)C(=O)O.O. The third kappa shape index (κ3) is 4.03. The molecule has 6 N–H and O–H groups in total. The molecule has 0 aliphatic heterocycles. The van der Waals surface area contributed by atoms with Gasteiger partial charge in [-0.2, -0.15) is 0 Å². The number of phenols is 1. The molecule has 0 bridgehead atoms. The van der Waals surface area contributed by atoms with Crippen LogP contribution >= 0.6 is 45.2 Å². The minimum Gasteiger partial charge on any atom is -0.506 e. The summed E-state index contributed by atoms with van der Waals surface area (Å²) in [5, 5.41) is 18.2. The maximum atomic E-state index is 10.6. The molecule has 0 saturated heterocycles. The number of carboxylic acid groups (broad SMARTS) is 1. The predicted molar refractivity (Wildman–Crippen MR) is 76.5 cm³/mol. The number of nitrogens with two attached hydrogens (primary N) is 1. The molecule has 16 heavy (non-hydrogen) atoms. The largest absolute Gasteiger partial charge is 0.506 e. The van der Waals surface area contributed by atoms with Gasteiger partial charge in [-0.1, -0.05) is 0 Å². The van der Waals surface area contributed by atoms with Crippen LogP contribution in [0.3, 0.4) is 0 Å². The van der Waals surface area contributed by atoms with Crippen molar-refractivity contribution >= 4 is 51.2 Å². The summed E-state index contributed by atoms with van der Waals surface area (Å²) in [4.78, 5) is 10.6. The highest BCUT2D eigenvalue weighted by Gasteiger charge is 2.14. The molecule has 5 nitrogen and oxygen atoms in total. The molecule has 0 radical (unpaired) electrons. The van der Waals surface area contributed by atoms with Gasteiger partial charge in [0.2, 0.25) is 0 Å². The van der Waals surface area contributed by atoms with Gasteiger partial charge < -0.3 is 21.4 Å². The molecule has 0 saturated carbocycles. The van der Waals surface area contributed by atoms with E-state index in [1.807, 2.05) is 45.2 Å². The number of aromatic hydroxyl groups is 1. The summed E-state index contributed by atoms with van der Waals surface area (Å²) >= 11 is 3.99. The minimum absolute atomic E-state index is 0. The van der Waals surface area contributed by atoms with E-state index < -0.39 is 12.0 Å². The third-order valence-corrected chi connectivity index (χ3v) is 3.49. The van der Waals surface area contributed by atoms with Gasteiger partial charge >= 0.3 is 5.97 Å². The molecule has 90 valence electrons. The molecule has 1 aromatic carbocycles. The number of hydrogen-bond acceptors (Lipinski definition) is 3. The molecule has 7 heteroatoms. The zero-order valence-corrected chi connectivity index (χ0v) is 12.4. The molecule has 0 spiro atoms. The lowest BCUT2D eigenvalue weighted by Crippen LogP contribution is -2.32. The normalized spacial score (nSPS) is 11.7. The Morgan fingerprint density at radius 1 is 1.38 bits per heavy atom. The van der Waals surface area contributed by atoms with E-state index in [1.54, 1.807) is 12.1 Å². The molecule has 0 fully saturated rings. The summed E-state index contributed by atoms with van der Waals surface area (Å²) in [5.74, 6) is -0.795. The van der Waals surface area contributed by atoms with Crippen LogP contribution in [0, 0.1) is 7.14 Å². The number of benzene rings is 1. The van der Waals surface area contributed by atoms with Crippen molar-refractivity contribution in [2.75, 3.05) is 0 Å². The van der Waals surface area contributed by atoms with Crippen LogP contribution in [-0.4, -0.2) is 27.7 Å². The molecule has 1 atom stereocenters. The molecule has 0 aliphatic rings. The van der Waals surface area contributed by atoms with Crippen LogP contribution in [-0.2, 0) is 11.2 Å². The summed E-state index contributed by atoms with van der Waals surface area (Å²) in [6, 6.07) is 2.57. The van der Waals surface area contributed by atoms with Gasteiger partial charge in [0.15, 0.2) is 0 Å². The first-order valence-corrected chi connectivity index (χ1v) is 6.23. The Bertz CT molecular complexity index is 374. The topological polar surface area (TPSA) is 115 Å². The van der Waals surface area contributed by atoms with Gasteiger partial charge in [0.05, 0.1) is 7.14 Å². The van der Waals surface area contributed by atoms with Crippen LogP contribution in [0.1, 0.15) is 5.56 Å². The van der Waals surface area contributed by atoms with Gasteiger partial charge in [-0.25, -0.2) is 0 Å². The molecule has 0 aromatic heterocycles. The highest BCUT2D eigenvalue weighted by atomic mass is 127. The van der Waals surface area contributed by atoms with E-state index in [1.165, 1.54) is 0 Å². The Labute approximate surface area is 120 Å². The highest BCUT2D eigenvalue weighted by Crippen LogP contribution is 2.27. The zero-order chi connectivity index (χ0) is 11.6. The summed E-state index contributed by atoms with van der Waals surface area (Å²) < 4.78 is 1.40. The maximum Gasteiger partial charge on any atom is 0.320 e. The number of carboxylic acids is 1. The van der Waals surface area contributed by atoms with E-state index >= 15 is 0 Å². The molecule has 1 rings (SSSR count). The van der Waals surface area contributed by atoms with Crippen molar-refractivity contribution in [1.82, 2.24) is 0 Å². The maximum absolute atomic E-state index is 10.6. The van der Waals surface area contributed by atoms with E-state index in [9.17, 15) is 9.90 Å². The zero-order valence-electron chi connectivity index (χ0n) is 8.08. The first-order valence-electron chi connectivity index (χ1n) is 4.07. The van der Waals surface area contributed by atoms with Gasteiger partial charge in [-0.05, 0) is 69.3 Å². The van der Waals surface area contributed by atoms with E-state index in [0.29, 0.717) is 7.14 Å². The van der Waals surface area contributed by atoms with E-state index in [0.717, 1.165) is 5.56 Å². The van der Waals surface area contributed by atoms with Crippen molar-refractivity contribution in [1.29, 1.82) is 0 Å². The van der Waals surface area contributed by atoms with Crippen molar-refractivity contribution in [3.8, 4) is 5.75 Å². The Kier molecular flexibility index (Phi) is 6.51. The number of aliphatic carboxylic acids is 1. The second-order valence-electron chi connectivity index (χ2n) is 3.06. The van der Waals surface area contributed by atoms with Crippen LogP contribution in [0.5, 0.6) is 5.75 Å². The predicted octanol–water partition coefficient (Wildman–Crippen LogP) is 0.731. The molecule has 0 amide bonds. The summed E-state index contributed by atoms with van der Waals surface area (Å²) in [7, 11) is 0. The highest BCUT2D eigenvalue weighted by molar-refractivity contribution is 14.1. The third-order valence-electron chi connectivity index (χ3n) is 1.85. The van der Waals surface area contributed by atoms with E-state index in [4.69, 9.17) is 10.8 Å². The van der Waals surface area contributed by atoms with E-state index in [-0.39, 0.29) is 17.6 Å². The first-order chi connectivity index (χ1) is 6.91. The number of halogens is 2. The summed E-state index contributed by atoms with van der Waals surface area (Å²) in [5.41, 5.74) is 6.24. The Balaban J connectivity index is 0.00000225. The van der Waals surface area contributed by atoms with Crippen LogP contribution in [0.15, 0.2) is 12.1 Å².